The summed E-state index contributed by atoms with van der Waals surface area (Å²) in [5.41, 5.74) is 11.1. The maximum absolute atomic E-state index is 5.83. The molecule has 1 unspecified atom stereocenters. The van der Waals surface area contributed by atoms with E-state index in [0.717, 1.165) is 25.9 Å². The number of hydrogen-bond donors (Lipinski definition) is 2. The van der Waals surface area contributed by atoms with E-state index in [0.29, 0.717) is 12.1 Å². The molecule has 1 rings (SSSR count). The van der Waals surface area contributed by atoms with Crippen LogP contribution in [-0.2, 0) is 0 Å². The highest BCUT2D eigenvalue weighted by atomic mass is 15.2. The molecule has 13 heavy (non-hydrogen) atoms. The highest BCUT2D eigenvalue weighted by Crippen LogP contribution is 2.14. The number of rotatable bonds is 4. The molecule has 74 valence electrons. The first-order valence-electron chi connectivity index (χ1n) is 4.77. The van der Waals surface area contributed by atoms with Crippen molar-refractivity contribution in [1.29, 1.82) is 0 Å². The molecule has 0 spiro atoms. The monoisotopic (exact) mass is 181 g/mol. The third-order valence-electron chi connectivity index (χ3n) is 2.51. The summed E-state index contributed by atoms with van der Waals surface area (Å²) < 4.78 is 0. The Balaban J connectivity index is 2.42. The molecule has 0 aliphatic carbocycles. The van der Waals surface area contributed by atoms with Crippen LogP contribution in [0.2, 0.25) is 0 Å². The molecule has 1 aliphatic rings. The zero-order valence-corrected chi connectivity index (χ0v) is 8.02. The van der Waals surface area contributed by atoms with Crippen molar-refractivity contribution >= 4 is 0 Å². The first-order chi connectivity index (χ1) is 6.27. The second-order valence-corrected chi connectivity index (χ2v) is 3.51. The van der Waals surface area contributed by atoms with Crippen LogP contribution in [0.4, 0.5) is 0 Å². The zero-order chi connectivity index (χ0) is 9.68. The van der Waals surface area contributed by atoms with Crippen LogP contribution in [0.15, 0.2) is 24.9 Å². The summed E-state index contributed by atoms with van der Waals surface area (Å²) in [4.78, 5) is 2.36. The molecule has 3 heteroatoms. The molecule has 0 aromatic rings. The van der Waals surface area contributed by atoms with Gasteiger partial charge in [0.25, 0.3) is 0 Å². The normalized spacial score (nSPS) is 26.7. The van der Waals surface area contributed by atoms with Crippen molar-refractivity contribution in [2.75, 3.05) is 13.1 Å². The third-order valence-corrected chi connectivity index (χ3v) is 2.51. The number of nitrogens with zero attached hydrogens (tertiary/aromatic N) is 1. The summed E-state index contributed by atoms with van der Waals surface area (Å²) in [6.07, 6.45) is 7.56. The summed E-state index contributed by atoms with van der Waals surface area (Å²) in [6.45, 7) is 5.89. The molecule has 1 aliphatic heterocycles. The predicted octanol–water partition coefficient (Wildman–Crippen LogP) is 0.437. The number of nitrogens with two attached hydrogens (primary N) is 2. The number of hydrogen-bond acceptors (Lipinski definition) is 3. The standard InChI is InChI=1S/C10H19N3/c1-2-10(4-3-6-11)13-7-5-9(12)8-13/h2-3,6,9-10H,1,4-5,7-8,11-12H2/b6-3-/t9-,10?/m0/s1. The Hall–Kier alpha value is -0.800. The van der Waals surface area contributed by atoms with Crippen LogP contribution >= 0.6 is 0 Å². The van der Waals surface area contributed by atoms with Gasteiger partial charge in [-0.1, -0.05) is 12.2 Å². The molecule has 0 bridgehead atoms. The van der Waals surface area contributed by atoms with Gasteiger partial charge in [0, 0.05) is 25.2 Å². The van der Waals surface area contributed by atoms with Gasteiger partial charge >= 0.3 is 0 Å². The van der Waals surface area contributed by atoms with Crippen molar-refractivity contribution in [3.63, 3.8) is 0 Å². The molecule has 0 aromatic heterocycles. The summed E-state index contributed by atoms with van der Waals surface area (Å²) in [5, 5.41) is 0. The van der Waals surface area contributed by atoms with E-state index >= 15 is 0 Å². The summed E-state index contributed by atoms with van der Waals surface area (Å²) in [5.74, 6) is 0. The van der Waals surface area contributed by atoms with Crippen molar-refractivity contribution in [2.24, 2.45) is 11.5 Å². The van der Waals surface area contributed by atoms with Gasteiger partial charge < -0.3 is 11.5 Å². The van der Waals surface area contributed by atoms with Crippen LogP contribution in [0.3, 0.4) is 0 Å². The molecule has 0 saturated carbocycles. The van der Waals surface area contributed by atoms with Crippen LogP contribution in [0.25, 0.3) is 0 Å². The minimum absolute atomic E-state index is 0.337. The topological polar surface area (TPSA) is 55.3 Å². The average molecular weight is 181 g/mol. The quantitative estimate of drug-likeness (QED) is 0.619. The first kappa shape index (κ1) is 10.3. The molecule has 1 saturated heterocycles. The molecule has 0 aromatic carbocycles. The van der Waals surface area contributed by atoms with Gasteiger partial charge in [0.2, 0.25) is 0 Å². The molecule has 2 atom stereocenters. The Labute approximate surface area is 80.1 Å². The number of likely N-dealkylation sites (tertiary alicyclic amines) is 1. The first-order valence-corrected chi connectivity index (χ1v) is 4.77. The van der Waals surface area contributed by atoms with Gasteiger partial charge in [0.15, 0.2) is 0 Å². The fourth-order valence-electron chi connectivity index (χ4n) is 1.73. The zero-order valence-electron chi connectivity index (χ0n) is 8.02. The van der Waals surface area contributed by atoms with E-state index in [1.165, 1.54) is 0 Å². The third kappa shape index (κ3) is 2.86. The van der Waals surface area contributed by atoms with E-state index in [2.05, 4.69) is 11.5 Å². The molecule has 4 N–H and O–H groups in total. The van der Waals surface area contributed by atoms with Gasteiger partial charge in [-0.2, -0.15) is 0 Å². The lowest BCUT2D eigenvalue weighted by Crippen LogP contribution is -2.33. The van der Waals surface area contributed by atoms with Crippen molar-refractivity contribution < 1.29 is 0 Å². The van der Waals surface area contributed by atoms with Crippen LogP contribution in [0.5, 0.6) is 0 Å². The summed E-state index contributed by atoms with van der Waals surface area (Å²) in [6, 6.07) is 0.734. The van der Waals surface area contributed by atoms with E-state index in [1.807, 2.05) is 12.2 Å². The fraction of sp³-hybridized carbons (Fsp3) is 0.600. The second kappa shape index (κ2) is 5.04. The van der Waals surface area contributed by atoms with E-state index in [-0.39, 0.29) is 0 Å². The second-order valence-electron chi connectivity index (χ2n) is 3.51. The molecular formula is C10H19N3. The van der Waals surface area contributed by atoms with Gasteiger partial charge in [0.1, 0.15) is 0 Å². The lowest BCUT2D eigenvalue weighted by molar-refractivity contribution is 0.282. The summed E-state index contributed by atoms with van der Waals surface area (Å²) >= 11 is 0. The smallest absolute Gasteiger partial charge is 0.0311 e. The Morgan fingerprint density at radius 1 is 1.62 bits per heavy atom. The van der Waals surface area contributed by atoms with Crippen LogP contribution < -0.4 is 11.5 Å². The lowest BCUT2D eigenvalue weighted by Gasteiger charge is -2.23. The van der Waals surface area contributed by atoms with E-state index < -0.39 is 0 Å². The highest BCUT2D eigenvalue weighted by molar-refractivity contribution is 4.97. The van der Waals surface area contributed by atoms with Crippen LogP contribution in [-0.4, -0.2) is 30.1 Å². The molecule has 0 amide bonds. The lowest BCUT2D eigenvalue weighted by atomic mass is 10.2. The minimum atomic E-state index is 0.337. The van der Waals surface area contributed by atoms with Crippen molar-refractivity contribution in [3.05, 3.63) is 24.9 Å². The highest BCUT2D eigenvalue weighted by Gasteiger charge is 2.23. The maximum atomic E-state index is 5.83. The molecule has 1 fully saturated rings. The van der Waals surface area contributed by atoms with Crippen LogP contribution in [0.1, 0.15) is 12.8 Å². The Kier molecular flexibility index (Phi) is 3.99. The predicted molar refractivity (Wildman–Crippen MR) is 56.1 cm³/mol. The maximum Gasteiger partial charge on any atom is 0.0311 e. The SMILES string of the molecule is C=CC(C/C=C\N)N1CC[C@H](N)C1. The van der Waals surface area contributed by atoms with Gasteiger partial charge in [-0.25, -0.2) is 0 Å². The summed E-state index contributed by atoms with van der Waals surface area (Å²) in [7, 11) is 0. The van der Waals surface area contributed by atoms with E-state index in [4.69, 9.17) is 11.5 Å². The molecular weight excluding hydrogens is 162 g/mol. The van der Waals surface area contributed by atoms with Crippen LogP contribution in [0, 0.1) is 0 Å². The largest absolute Gasteiger partial charge is 0.405 e. The fourth-order valence-corrected chi connectivity index (χ4v) is 1.73. The molecule has 3 nitrogen and oxygen atoms in total. The molecule has 0 radical (unpaired) electrons. The van der Waals surface area contributed by atoms with Crippen molar-refractivity contribution in [3.8, 4) is 0 Å². The van der Waals surface area contributed by atoms with Gasteiger partial charge in [-0.3, -0.25) is 4.90 Å². The molecule has 1 heterocycles. The Morgan fingerprint density at radius 3 is 2.85 bits per heavy atom. The van der Waals surface area contributed by atoms with Crippen molar-refractivity contribution in [1.82, 2.24) is 4.90 Å². The van der Waals surface area contributed by atoms with Gasteiger partial charge in [0.05, 0.1) is 0 Å². The van der Waals surface area contributed by atoms with Gasteiger partial charge in [-0.05, 0) is 19.0 Å². The Bertz CT molecular complexity index is 189. The van der Waals surface area contributed by atoms with E-state index in [9.17, 15) is 0 Å². The Morgan fingerprint density at radius 2 is 2.38 bits per heavy atom. The average Bonchev–Trinajstić information content (AvgIpc) is 2.54. The van der Waals surface area contributed by atoms with Crippen molar-refractivity contribution in [2.45, 2.75) is 24.9 Å². The minimum Gasteiger partial charge on any atom is -0.405 e. The van der Waals surface area contributed by atoms with E-state index in [1.54, 1.807) is 6.20 Å². The van der Waals surface area contributed by atoms with Gasteiger partial charge in [-0.15, -0.1) is 6.58 Å².